The van der Waals surface area contributed by atoms with Crippen molar-refractivity contribution >= 4 is 5.78 Å². The summed E-state index contributed by atoms with van der Waals surface area (Å²) in [6.07, 6.45) is 8.09. The van der Waals surface area contributed by atoms with Crippen LogP contribution in [0.3, 0.4) is 0 Å². The van der Waals surface area contributed by atoms with Gasteiger partial charge in [-0.3, -0.25) is 4.79 Å². The average Bonchev–Trinajstić information content (AvgIpc) is 2.64. The van der Waals surface area contributed by atoms with E-state index in [0.29, 0.717) is 12.2 Å². The monoisotopic (exact) mass is 208 g/mol. The van der Waals surface area contributed by atoms with Gasteiger partial charge in [0.2, 0.25) is 0 Å². The molecule has 1 heterocycles. The van der Waals surface area contributed by atoms with Crippen molar-refractivity contribution in [3.8, 4) is 0 Å². The van der Waals surface area contributed by atoms with Crippen LogP contribution in [-0.4, -0.2) is 5.78 Å². The predicted octanol–water partition coefficient (Wildman–Crippen LogP) is 4.13. The number of carbonyl (C=O) groups excluding carboxylic acids is 1. The van der Waals surface area contributed by atoms with E-state index < -0.39 is 0 Å². The van der Waals surface area contributed by atoms with E-state index in [1.165, 1.54) is 19.3 Å². The first-order valence-electron chi connectivity index (χ1n) is 5.83. The largest absolute Gasteiger partial charge is 0.461 e. The zero-order valence-electron chi connectivity index (χ0n) is 9.71. The van der Waals surface area contributed by atoms with E-state index in [1.54, 1.807) is 6.26 Å². The van der Waals surface area contributed by atoms with Gasteiger partial charge in [0.1, 0.15) is 0 Å². The van der Waals surface area contributed by atoms with E-state index in [9.17, 15) is 4.79 Å². The second kappa shape index (κ2) is 6.44. The van der Waals surface area contributed by atoms with Crippen molar-refractivity contribution in [3.63, 3.8) is 0 Å². The molecule has 0 aliphatic heterocycles. The summed E-state index contributed by atoms with van der Waals surface area (Å²) in [5.41, 5.74) is 0.952. The molecule has 0 fully saturated rings. The fourth-order valence-electron chi connectivity index (χ4n) is 1.66. The normalized spacial score (nSPS) is 10.5. The molecule has 15 heavy (non-hydrogen) atoms. The van der Waals surface area contributed by atoms with Gasteiger partial charge in [-0.1, -0.05) is 32.6 Å². The first-order chi connectivity index (χ1) is 7.25. The van der Waals surface area contributed by atoms with Crippen LogP contribution in [0.25, 0.3) is 0 Å². The van der Waals surface area contributed by atoms with Crippen molar-refractivity contribution in [2.75, 3.05) is 0 Å². The van der Waals surface area contributed by atoms with Gasteiger partial charge in [-0.25, -0.2) is 0 Å². The zero-order valence-corrected chi connectivity index (χ0v) is 9.71. The molecule has 0 unspecified atom stereocenters. The van der Waals surface area contributed by atoms with E-state index in [-0.39, 0.29) is 5.78 Å². The Balaban J connectivity index is 2.22. The molecule has 2 nitrogen and oxygen atoms in total. The lowest BCUT2D eigenvalue weighted by atomic mass is 10.1. The van der Waals surface area contributed by atoms with Crippen LogP contribution in [0.2, 0.25) is 0 Å². The van der Waals surface area contributed by atoms with Gasteiger partial charge >= 0.3 is 0 Å². The predicted molar refractivity (Wildman–Crippen MR) is 61.2 cm³/mol. The molecule has 0 amide bonds. The molecule has 1 rings (SSSR count). The highest BCUT2D eigenvalue weighted by Crippen LogP contribution is 2.14. The Kier molecular flexibility index (Phi) is 5.16. The molecule has 0 aliphatic carbocycles. The fourth-order valence-corrected chi connectivity index (χ4v) is 1.66. The highest BCUT2D eigenvalue weighted by molar-refractivity contribution is 5.94. The van der Waals surface area contributed by atoms with Gasteiger partial charge in [0.25, 0.3) is 0 Å². The van der Waals surface area contributed by atoms with Gasteiger partial charge in [0.15, 0.2) is 11.5 Å². The van der Waals surface area contributed by atoms with Crippen molar-refractivity contribution in [1.82, 2.24) is 0 Å². The summed E-state index contributed by atoms with van der Waals surface area (Å²) in [5.74, 6) is 0.694. The lowest BCUT2D eigenvalue weighted by Gasteiger charge is -1.99. The Morgan fingerprint density at radius 3 is 2.60 bits per heavy atom. The van der Waals surface area contributed by atoms with E-state index in [1.807, 2.05) is 13.0 Å². The van der Waals surface area contributed by atoms with Crippen molar-refractivity contribution in [1.29, 1.82) is 0 Å². The van der Waals surface area contributed by atoms with E-state index in [0.717, 1.165) is 18.4 Å². The molecule has 0 bridgehead atoms. The van der Waals surface area contributed by atoms with Gasteiger partial charge in [0.05, 0.1) is 6.26 Å². The molecule has 0 aromatic carbocycles. The number of unbranched alkanes of at least 4 members (excludes halogenated alkanes) is 4. The molecular weight excluding hydrogens is 188 g/mol. The molecule has 2 heteroatoms. The first kappa shape index (κ1) is 12.0. The molecule has 0 N–H and O–H groups in total. The minimum atomic E-state index is 0.147. The smallest absolute Gasteiger partial charge is 0.198 e. The number of hydrogen-bond donors (Lipinski definition) is 0. The minimum absolute atomic E-state index is 0.147. The maximum absolute atomic E-state index is 11.7. The van der Waals surface area contributed by atoms with Crippen molar-refractivity contribution in [2.24, 2.45) is 0 Å². The number of rotatable bonds is 7. The van der Waals surface area contributed by atoms with Crippen molar-refractivity contribution in [3.05, 3.63) is 23.7 Å². The second-order valence-electron chi connectivity index (χ2n) is 4.02. The Hall–Kier alpha value is -1.05. The van der Waals surface area contributed by atoms with E-state index in [4.69, 9.17) is 4.42 Å². The van der Waals surface area contributed by atoms with Crippen LogP contribution >= 0.6 is 0 Å². The van der Waals surface area contributed by atoms with Crippen LogP contribution in [0.15, 0.2) is 16.7 Å². The fraction of sp³-hybridized carbons (Fsp3) is 0.615. The number of ketones is 1. The van der Waals surface area contributed by atoms with Gasteiger partial charge in [-0.2, -0.15) is 0 Å². The summed E-state index contributed by atoms with van der Waals surface area (Å²) in [5, 5.41) is 0. The van der Waals surface area contributed by atoms with Crippen molar-refractivity contribution < 1.29 is 9.21 Å². The maximum atomic E-state index is 11.7. The Bertz CT molecular complexity index is 299. The number of hydrogen-bond acceptors (Lipinski definition) is 2. The number of aryl methyl sites for hydroxylation is 1. The van der Waals surface area contributed by atoms with Gasteiger partial charge in [-0.15, -0.1) is 0 Å². The standard InChI is InChI=1S/C13H20O2/c1-3-4-5-6-7-8-12(14)13-11(2)9-10-15-13/h9-10H,3-8H2,1-2H3. The maximum Gasteiger partial charge on any atom is 0.198 e. The lowest BCUT2D eigenvalue weighted by Crippen LogP contribution is -1.98. The molecule has 84 valence electrons. The summed E-state index contributed by atoms with van der Waals surface area (Å²) >= 11 is 0. The molecule has 0 saturated carbocycles. The van der Waals surface area contributed by atoms with Gasteiger partial charge in [0, 0.05) is 6.42 Å². The topological polar surface area (TPSA) is 30.2 Å². The Labute approximate surface area is 91.7 Å². The van der Waals surface area contributed by atoms with Crippen LogP contribution < -0.4 is 0 Å². The first-order valence-corrected chi connectivity index (χ1v) is 5.83. The second-order valence-corrected chi connectivity index (χ2v) is 4.02. The molecular formula is C13H20O2. The van der Waals surface area contributed by atoms with Gasteiger partial charge < -0.3 is 4.42 Å². The van der Waals surface area contributed by atoms with Crippen LogP contribution in [0.1, 0.15) is 61.6 Å². The molecule has 0 spiro atoms. The lowest BCUT2D eigenvalue weighted by molar-refractivity contribution is 0.0951. The third-order valence-corrected chi connectivity index (χ3v) is 2.62. The molecule has 0 saturated heterocycles. The highest BCUT2D eigenvalue weighted by atomic mass is 16.3. The molecule has 0 aliphatic rings. The SMILES string of the molecule is CCCCCCCC(=O)c1occc1C. The van der Waals surface area contributed by atoms with Crippen molar-refractivity contribution in [2.45, 2.75) is 52.4 Å². The van der Waals surface area contributed by atoms with Gasteiger partial charge in [-0.05, 0) is 25.0 Å². The van der Waals surface area contributed by atoms with E-state index >= 15 is 0 Å². The summed E-state index contributed by atoms with van der Waals surface area (Å²) in [6, 6.07) is 1.84. The van der Waals surface area contributed by atoms with Crippen LogP contribution in [-0.2, 0) is 0 Å². The summed E-state index contributed by atoms with van der Waals surface area (Å²) < 4.78 is 5.15. The molecule has 0 atom stereocenters. The molecule has 0 radical (unpaired) electrons. The third-order valence-electron chi connectivity index (χ3n) is 2.62. The van der Waals surface area contributed by atoms with Crippen LogP contribution in [0.4, 0.5) is 0 Å². The Morgan fingerprint density at radius 1 is 1.27 bits per heavy atom. The summed E-state index contributed by atoms with van der Waals surface area (Å²) in [7, 11) is 0. The Morgan fingerprint density at radius 2 is 2.00 bits per heavy atom. The summed E-state index contributed by atoms with van der Waals surface area (Å²) in [4.78, 5) is 11.7. The van der Waals surface area contributed by atoms with Crippen LogP contribution in [0, 0.1) is 6.92 Å². The minimum Gasteiger partial charge on any atom is -0.461 e. The number of Topliss-reactive ketones (excluding diaryl/α,β-unsaturated/α-hetero) is 1. The third kappa shape index (κ3) is 3.90. The van der Waals surface area contributed by atoms with E-state index in [2.05, 4.69) is 6.92 Å². The molecule has 1 aromatic rings. The average molecular weight is 208 g/mol. The molecule has 1 aromatic heterocycles. The highest BCUT2D eigenvalue weighted by Gasteiger charge is 2.11. The van der Waals surface area contributed by atoms with Crippen LogP contribution in [0.5, 0.6) is 0 Å². The number of furan rings is 1. The zero-order chi connectivity index (χ0) is 11.1. The summed E-state index contributed by atoms with van der Waals surface area (Å²) in [6.45, 7) is 4.10. The quantitative estimate of drug-likeness (QED) is 0.498. The number of carbonyl (C=O) groups is 1.